The molecule has 0 unspecified atom stereocenters. The maximum absolute atomic E-state index is 13.0. The number of aromatic nitrogens is 4. The fourth-order valence-electron chi connectivity index (χ4n) is 3.72. The summed E-state index contributed by atoms with van der Waals surface area (Å²) in [4.78, 5) is 30.5. The molecule has 1 atom stereocenters. The number of benzene rings is 1. The molecule has 1 aromatic carbocycles. The molecule has 2 N–H and O–H groups in total. The fourth-order valence-corrected chi connectivity index (χ4v) is 3.72. The summed E-state index contributed by atoms with van der Waals surface area (Å²) >= 11 is 0. The minimum absolute atomic E-state index is 0.00437. The smallest absolute Gasteiger partial charge is 0.253 e. The monoisotopic (exact) mass is 378 g/mol. The highest BCUT2D eigenvalue weighted by molar-refractivity contribution is 5.94. The molecule has 0 spiro atoms. The lowest BCUT2D eigenvalue weighted by Crippen LogP contribution is -2.40. The van der Waals surface area contributed by atoms with E-state index in [0.29, 0.717) is 18.7 Å². The van der Waals surface area contributed by atoms with Crippen molar-refractivity contribution in [3.05, 3.63) is 66.5 Å². The Balaban J connectivity index is 1.48. The van der Waals surface area contributed by atoms with Crippen molar-refractivity contribution >= 4 is 11.8 Å². The first-order valence-corrected chi connectivity index (χ1v) is 9.30. The molecule has 3 heterocycles. The van der Waals surface area contributed by atoms with Gasteiger partial charge in [-0.25, -0.2) is 9.67 Å². The standard InChI is InChI=1S/C20H22N6O2/c21-18(27)14-24-12-9-22-19(24)16-3-1-10-25(13-16)20(28)15-4-6-17(7-5-15)26-11-2-8-23-26/h2,4-9,11-12,16H,1,3,10,13-14H2,(H2,21,27)/t16-/m1/s1. The van der Waals surface area contributed by atoms with Crippen LogP contribution in [0.3, 0.4) is 0 Å². The van der Waals surface area contributed by atoms with Gasteiger partial charge in [-0.15, -0.1) is 0 Å². The number of hydrogen-bond acceptors (Lipinski definition) is 4. The van der Waals surface area contributed by atoms with Crippen molar-refractivity contribution in [2.45, 2.75) is 25.3 Å². The van der Waals surface area contributed by atoms with Crippen molar-refractivity contribution in [2.24, 2.45) is 5.73 Å². The van der Waals surface area contributed by atoms with Crippen molar-refractivity contribution in [2.75, 3.05) is 13.1 Å². The highest BCUT2D eigenvalue weighted by atomic mass is 16.2. The van der Waals surface area contributed by atoms with Gasteiger partial charge in [0.05, 0.1) is 5.69 Å². The lowest BCUT2D eigenvalue weighted by molar-refractivity contribution is -0.118. The van der Waals surface area contributed by atoms with E-state index in [-0.39, 0.29) is 18.4 Å². The molecule has 1 aliphatic rings. The van der Waals surface area contributed by atoms with Gasteiger partial charge in [-0.3, -0.25) is 9.59 Å². The van der Waals surface area contributed by atoms with Crippen LogP contribution in [0.2, 0.25) is 0 Å². The van der Waals surface area contributed by atoms with E-state index < -0.39 is 5.91 Å². The second-order valence-electron chi connectivity index (χ2n) is 6.97. The molecule has 1 aliphatic heterocycles. The topological polar surface area (TPSA) is 99.0 Å². The normalized spacial score (nSPS) is 16.9. The Morgan fingerprint density at radius 3 is 2.68 bits per heavy atom. The van der Waals surface area contributed by atoms with E-state index in [1.807, 2.05) is 41.4 Å². The minimum atomic E-state index is -0.403. The second kappa shape index (κ2) is 7.67. The van der Waals surface area contributed by atoms with Crippen LogP contribution < -0.4 is 5.73 Å². The van der Waals surface area contributed by atoms with E-state index >= 15 is 0 Å². The molecule has 0 radical (unpaired) electrons. The van der Waals surface area contributed by atoms with Crippen LogP contribution in [-0.4, -0.2) is 49.1 Å². The average molecular weight is 378 g/mol. The van der Waals surface area contributed by atoms with Crippen molar-refractivity contribution < 1.29 is 9.59 Å². The third kappa shape index (κ3) is 3.66. The Morgan fingerprint density at radius 1 is 1.14 bits per heavy atom. The van der Waals surface area contributed by atoms with Gasteiger partial charge in [-0.2, -0.15) is 5.10 Å². The van der Waals surface area contributed by atoms with Gasteiger partial charge in [0.2, 0.25) is 5.91 Å². The predicted octanol–water partition coefficient (Wildman–Crippen LogP) is 1.57. The number of imidazole rings is 1. The van der Waals surface area contributed by atoms with Crippen LogP contribution in [0.1, 0.15) is 34.9 Å². The molecule has 2 amide bonds. The number of carbonyl (C=O) groups excluding carboxylic acids is 2. The number of nitrogens with two attached hydrogens (primary N) is 1. The molecule has 28 heavy (non-hydrogen) atoms. The zero-order valence-electron chi connectivity index (χ0n) is 15.4. The minimum Gasteiger partial charge on any atom is -0.368 e. The van der Waals surface area contributed by atoms with Gasteiger partial charge in [0.25, 0.3) is 5.91 Å². The van der Waals surface area contributed by atoms with Gasteiger partial charge in [-0.1, -0.05) is 0 Å². The van der Waals surface area contributed by atoms with E-state index in [1.165, 1.54) is 0 Å². The van der Waals surface area contributed by atoms with Gasteiger partial charge < -0.3 is 15.2 Å². The summed E-state index contributed by atoms with van der Waals surface area (Å²) in [6.45, 7) is 1.40. The summed E-state index contributed by atoms with van der Waals surface area (Å²) in [6.07, 6.45) is 8.83. The van der Waals surface area contributed by atoms with Crippen LogP contribution >= 0.6 is 0 Å². The summed E-state index contributed by atoms with van der Waals surface area (Å²) in [7, 11) is 0. The lowest BCUT2D eigenvalue weighted by atomic mass is 9.96. The maximum atomic E-state index is 13.0. The van der Waals surface area contributed by atoms with Crippen LogP contribution in [-0.2, 0) is 11.3 Å². The highest BCUT2D eigenvalue weighted by Gasteiger charge is 2.28. The number of likely N-dealkylation sites (tertiary alicyclic amines) is 1. The molecular weight excluding hydrogens is 356 g/mol. The number of hydrogen-bond donors (Lipinski definition) is 1. The van der Waals surface area contributed by atoms with Crippen molar-refractivity contribution in [1.29, 1.82) is 0 Å². The number of amides is 2. The molecule has 0 bridgehead atoms. The van der Waals surface area contributed by atoms with Crippen LogP contribution in [0.4, 0.5) is 0 Å². The summed E-state index contributed by atoms with van der Waals surface area (Å²) in [5.74, 6) is 0.505. The fraction of sp³-hybridized carbons (Fsp3) is 0.300. The molecule has 4 rings (SSSR count). The summed E-state index contributed by atoms with van der Waals surface area (Å²) in [5, 5.41) is 4.20. The Hall–Kier alpha value is -3.42. The molecule has 8 heteroatoms. The van der Waals surface area contributed by atoms with E-state index in [0.717, 1.165) is 24.4 Å². The van der Waals surface area contributed by atoms with Gasteiger partial charge in [-0.05, 0) is 43.2 Å². The predicted molar refractivity (Wildman–Crippen MR) is 103 cm³/mol. The third-order valence-electron chi connectivity index (χ3n) is 5.03. The van der Waals surface area contributed by atoms with E-state index in [9.17, 15) is 9.59 Å². The van der Waals surface area contributed by atoms with Crippen molar-refractivity contribution in [3.8, 4) is 5.69 Å². The van der Waals surface area contributed by atoms with E-state index in [4.69, 9.17) is 5.73 Å². The largest absolute Gasteiger partial charge is 0.368 e. The average Bonchev–Trinajstić information content (AvgIpc) is 3.39. The first-order valence-electron chi connectivity index (χ1n) is 9.30. The quantitative estimate of drug-likeness (QED) is 0.728. The molecule has 1 saturated heterocycles. The van der Waals surface area contributed by atoms with E-state index in [2.05, 4.69) is 10.1 Å². The zero-order valence-corrected chi connectivity index (χ0v) is 15.4. The number of rotatable bonds is 5. The molecular formula is C20H22N6O2. The first kappa shape index (κ1) is 18.0. The number of primary amides is 1. The summed E-state index contributed by atoms with van der Waals surface area (Å²) < 4.78 is 3.53. The highest BCUT2D eigenvalue weighted by Crippen LogP contribution is 2.27. The SMILES string of the molecule is NC(=O)Cn1ccnc1[C@@H]1CCCN(C(=O)c2ccc(-n3cccn3)cc2)C1. The maximum Gasteiger partial charge on any atom is 0.253 e. The van der Waals surface area contributed by atoms with Crippen molar-refractivity contribution in [3.63, 3.8) is 0 Å². The van der Waals surface area contributed by atoms with Crippen molar-refractivity contribution in [1.82, 2.24) is 24.2 Å². The first-order chi connectivity index (χ1) is 13.6. The Bertz CT molecular complexity index is 961. The Labute approximate surface area is 162 Å². The molecule has 8 nitrogen and oxygen atoms in total. The molecule has 2 aromatic heterocycles. The van der Waals surface area contributed by atoms with Gasteiger partial charge >= 0.3 is 0 Å². The summed E-state index contributed by atoms with van der Waals surface area (Å²) in [5.41, 5.74) is 6.88. The number of piperidine rings is 1. The molecule has 3 aromatic rings. The van der Waals surface area contributed by atoms with Gasteiger partial charge in [0.15, 0.2) is 0 Å². The second-order valence-corrected chi connectivity index (χ2v) is 6.97. The van der Waals surface area contributed by atoms with Gasteiger partial charge in [0.1, 0.15) is 12.4 Å². The van der Waals surface area contributed by atoms with Crippen LogP contribution in [0.15, 0.2) is 55.1 Å². The number of carbonyl (C=O) groups is 2. The Morgan fingerprint density at radius 2 is 1.96 bits per heavy atom. The van der Waals surface area contributed by atoms with Gasteiger partial charge in [0, 0.05) is 49.4 Å². The van der Waals surface area contributed by atoms with Crippen LogP contribution in [0, 0.1) is 0 Å². The molecule has 144 valence electrons. The third-order valence-corrected chi connectivity index (χ3v) is 5.03. The molecule has 0 aliphatic carbocycles. The summed E-state index contributed by atoms with van der Waals surface area (Å²) in [6, 6.07) is 9.30. The molecule has 0 saturated carbocycles. The zero-order chi connectivity index (χ0) is 19.5. The van der Waals surface area contributed by atoms with E-state index in [1.54, 1.807) is 27.8 Å². The van der Waals surface area contributed by atoms with Crippen LogP contribution in [0.5, 0.6) is 0 Å². The Kier molecular flexibility index (Phi) is 4.92. The van der Waals surface area contributed by atoms with Crippen LogP contribution in [0.25, 0.3) is 5.69 Å². The number of nitrogens with zero attached hydrogens (tertiary/aromatic N) is 5. The lowest BCUT2D eigenvalue weighted by Gasteiger charge is -2.32. The molecule has 1 fully saturated rings.